The fourth-order valence-electron chi connectivity index (χ4n) is 0.497. The molecule has 1 atom stereocenters. The number of carbonyl (C=O) groups excluding carboxylic acids is 2. The van der Waals surface area contributed by atoms with Crippen molar-refractivity contribution in [2.24, 2.45) is 0 Å². The molecule has 0 aromatic rings. The third-order valence-corrected chi connectivity index (χ3v) is 1.05. The molecule has 1 N–H and O–H groups in total. The molecule has 0 saturated carbocycles. The molecule has 0 fully saturated rings. The van der Waals surface area contributed by atoms with Crippen molar-refractivity contribution in [2.75, 3.05) is 0 Å². The van der Waals surface area contributed by atoms with Crippen LogP contribution in [0.4, 0.5) is 0 Å². The van der Waals surface area contributed by atoms with Crippen LogP contribution in [0.2, 0.25) is 5.82 Å². The van der Waals surface area contributed by atoms with Crippen molar-refractivity contribution < 1.29 is 9.59 Å². The third kappa shape index (κ3) is 5.34. The van der Waals surface area contributed by atoms with Gasteiger partial charge in [0, 0.05) is 6.42 Å². The maximum absolute atomic E-state index is 10.5. The smallest absolute Gasteiger partial charge is 0.226 e. The maximum Gasteiger partial charge on any atom is 0.226 e. The van der Waals surface area contributed by atoms with Gasteiger partial charge in [-0.15, -0.1) is 0 Å². The van der Waals surface area contributed by atoms with Crippen molar-refractivity contribution in [2.45, 2.75) is 25.6 Å². The van der Waals surface area contributed by atoms with E-state index < -0.39 is 0 Å². The molecular weight excluding hydrogens is 129 g/mol. The van der Waals surface area contributed by atoms with Crippen LogP contribution in [0.15, 0.2) is 0 Å². The quantitative estimate of drug-likeness (QED) is 0.440. The zero-order valence-corrected chi connectivity index (χ0v) is 5.96. The van der Waals surface area contributed by atoms with Crippen LogP contribution in [0.25, 0.3) is 0 Å². The number of carbonyl (C=O) groups is 2. The zero-order valence-electron chi connectivity index (χ0n) is 5.96. The number of imide groups is 1. The van der Waals surface area contributed by atoms with Crippen LogP contribution < -0.4 is 5.32 Å². The topological polar surface area (TPSA) is 46.2 Å². The molecule has 0 bridgehead atoms. The summed E-state index contributed by atoms with van der Waals surface area (Å²) >= 11 is 0. The lowest BCUT2D eigenvalue weighted by Crippen LogP contribution is -2.20. The van der Waals surface area contributed by atoms with Crippen molar-refractivity contribution in [3.63, 3.8) is 0 Å². The van der Waals surface area contributed by atoms with Gasteiger partial charge in [0.2, 0.25) is 12.3 Å². The minimum Gasteiger partial charge on any atom is -0.299 e. The van der Waals surface area contributed by atoms with Gasteiger partial charge in [0.05, 0.1) is 7.85 Å². The van der Waals surface area contributed by atoms with Crippen molar-refractivity contribution in [3.8, 4) is 0 Å². The van der Waals surface area contributed by atoms with E-state index in [4.69, 9.17) is 7.85 Å². The first-order valence-corrected chi connectivity index (χ1v) is 3.15. The normalized spacial score (nSPS) is 12.1. The molecule has 0 aliphatic heterocycles. The Balaban J connectivity index is 3.30. The van der Waals surface area contributed by atoms with Crippen molar-refractivity contribution >= 4 is 20.2 Å². The van der Waals surface area contributed by atoms with Gasteiger partial charge < -0.3 is 0 Å². The van der Waals surface area contributed by atoms with Gasteiger partial charge in [0.1, 0.15) is 0 Å². The fourth-order valence-corrected chi connectivity index (χ4v) is 0.497. The van der Waals surface area contributed by atoms with Gasteiger partial charge in [-0.05, 0) is 6.42 Å². The monoisotopic (exact) mass is 139 g/mol. The summed E-state index contributed by atoms with van der Waals surface area (Å²) in [7, 11) is 5.37. The third-order valence-electron chi connectivity index (χ3n) is 1.05. The lowest BCUT2D eigenvalue weighted by Gasteiger charge is -2.01. The number of hydrogen-bond acceptors (Lipinski definition) is 2. The zero-order chi connectivity index (χ0) is 7.98. The van der Waals surface area contributed by atoms with Crippen molar-refractivity contribution in [3.05, 3.63) is 0 Å². The van der Waals surface area contributed by atoms with E-state index in [-0.39, 0.29) is 11.7 Å². The highest BCUT2D eigenvalue weighted by Crippen LogP contribution is 2.05. The molecule has 0 aromatic carbocycles. The molecule has 10 heavy (non-hydrogen) atoms. The molecule has 54 valence electrons. The molecule has 0 aliphatic rings. The predicted molar refractivity (Wildman–Crippen MR) is 38.6 cm³/mol. The molecular formula is C6H10BNO2. The Hall–Kier alpha value is -0.795. The minimum absolute atomic E-state index is 0.0115. The van der Waals surface area contributed by atoms with E-state index in [9.17, 15) is 9.59 Å². The molecule has 2 radical (unpaired) electrons. The Labute approximate surface area is 61.6 Å². The molecule has 1 unspecified atom stereocenters. The summed E-state index contributed by atoms with van der Waals surface area (Å²) in [6.45, 7) is 1.81. The van der Waals surface area contributed by atoms with E-state index in [1.165, 1.54) is 0 Å². The van der Waals surface area contributed by atoms with Gasteiger partial charge >= 0.3 is 0 Å². The van der Waals surface area contributed by atoms with Crippen LogP contribution in [0.5, 0.6) is 0 Å². The van der Waals surface area contributed by atoms with Crippen molar-refractivity contribution in [1.29, 1.82) is 0 Å². The Kier molecular flexibility index (Phi) is 4.63. The summed E-state index contributed by atoms with van der Waals surface area (Å²) < 4.78 is 0. The number of rotatable bonds is 4. The van der Waals surface area contributed by atoms with E-state index in [1.54, 1.807) is 0 Å². The van der Waals surface area contributed by atoms with Gasteiger partial charge in [-0.25, -0.2) is 0 Å². The fraction of sp³-hybridized carbons (Fsp3) is 0.667. The Morgan fingerprint density at radius 1 is 1.80 bits per heavy atom. The van der Waals surface area contributed by atoms with E-state index in [0.29, 0.717) is 19.3 Å². The average Bonchev–Trinajstić information content (AvgIpc) is 1.85. The van der Waals surface area contributed by atoms with Gasteiger partial charge in [-0.1, -0.05) is 12.7 Å². The lowest BCUT2D eigenvalue weighted by atomic mass is 9.85. The van der Waals surface area contributed by atoms with Gasteiger partial charge in [-0.2, -0.15) is 0 Å². The molecule has 3 nitrogen and oxygen atoms in total. The van der Waals surface area contributed by atoms with Crippen molar-refractivity contribution in [1.82, 2.24) is 5.32 Å². The van der Waals surface area contributed by atoms with E-state index in [1.807, 2.05) is 12.2 Å². The Bertz CT molecular complexity index is 125. The second kappa shape index (κ2) is 5.03. The Morgan fingerprint density at radius 3 is 2.80 bits per heavy atom. The summed E-state index contributed by atoms with van der Waals surface area (Å²) in [6, 6.07) is 0. The van der Waals surface area contributed by atoms with Crippen LogP contribution in [-0.2, 0) is 9.59 Å². The summed E-state index contributed by atoms with van der Waals surface area (Å²) in [5, 5.41) is 2.03. The van der Waals surface area contributed by atoms with Crippen LogP contribution >= 0.6 is 0 Å². The van der Waals surface area contributed by atoms with E-state index in [0.717, 1.165) is 0 Å². The minimum atomic E-state index is -0.271. The van der Waals surface area contributed by atoms with E-state index in [2.05, 4.69) is 0 Å². The molecule has 0 saturated heterocycles. The highest BCUT2D eigenvalue weighted by atomic mass is 16.2. The molecule has 0 heterocycles. The standard InChI is InChI=1S/C6H10BNO2/c1-5(7)2-3-6(10)8-4-9/h4-5H,2-3H2,1H3,(H,8,9,10). The maximum atomic E-state index is 10.5. The number of amides is 2. The number of hydrogen-bond donors (Lipinski definition) is 1. The first kappa shape index (κ1) is 9.20. The summed E-state index contributed by atoms with van der Waals surface area (Å²) in [6.07, 6.45) is 1.31. The van der Waals surface area contributed by atoms with Gasteiger partial charge in [0.15, 0.2) is 0 Å². The van der Waals surface area contributed by atoms with Gasteiger partial charge in [0.25, 0.3) is 0 Å². The first-order valence-electron chi connectivity index (χ1n) is 3.15. The molecule has 0 aliphatic carbocycles. The summed E-state index contributed by atoms with van der Waals surface area (Å²) in [5.41, 5.74) is 0. The second-order valence-corrected chi connectivity index (χ2v) is 2.20. The van der Waals surface area contributed by atoms with Gasteiger partial charge in [-0.3, -0.25) is 14.9 Å². The SMILES string of the molecule is [B]C(C)CCC(=O)NC=O. The molecule has 2 amide bonds. The van der Waals surface area contributed by atoms with Crippen LogP contribution in [0, 0.1) is 0 Å². The second-order valence-electron chi connectivity index (χ2n) is 2.20. The highest BCUT2D eigenvalue weighted by Gasteiger charge is 2.00. The molecule has 0 aromatic heterocycles. The first-order chi connectivity index (χ1) is 4.66. The lowest BCUT2D eigenvalue weighted by molar-refractivity contribution is -0.125. The van der Waals surface area contributed by atoms with Crippen LogP contribution in [-0.4, -0.2) is 20.2 Å². The largest absolute Gasteiger partial charge is 0.299 e. The predicted octanol–water partition coefficient (Wildman–Crippen LogP) is 0.0161. The molecule has 0 rings (SSSR count). The highest BCUT2D eigenvalue weighted by molar-refractivity contribution is 6.11. The molecule has 4 heteroatoms. The molecule has 0 spiro atoms. The summed E-state index contributed by atoms with van der Waals surface area (Å²) in [5.74, 6) is -0.260. The summed E-state index contributed by atoms with van der Waals surface area (Å²) in [4.78, 5) is 20.2. The van der Waals surface area contributed by atoms with Crippen LogP contribution in [0.3, 0.4) is 0 Å². The van der Waals surface area contributed by atoms with Crippen LogP contribution in [0.1, 0.15) is 19.8 Å². The Morgan fingerprint density at radius 2 is 2.40 bits per heavy atom. The number of nitrogens with one attached hydrogen (secondary N) is 1. The average molecular weight is 139 g/mol. The van der Waals surface area contributed by atoms with E-state index >= 15 is 0 Å².